The van der Waals surface area contributed by atoms with Crippen molar-refractivity contribution >= 4 is 38.6 Å². The molecule has 1 aromatic rings. The van der Waals surface area contributed by atoms with Crippen LogP contribution in [-0.2, 0) is 15.4 Å². The van der Waals surface area contributed by atoms with Crippen molar-refractivity contribution in [2.45, 2.75) is 18.3 Å². The Morgan fingerprint density at radius 2 is 1.84 bits per heavy atom. The smallest absolute Gasteiger partial charge is 0.232 e. The van der Waals surface area contributed by atoms with E-state index in [1.165, 1.54) is 11.8 Å². The lowest BCUT2D eigenvalue weighted by Gasteiger charge is -2.37. The van der Waals surface area contributed by atoms with Gasteiger partial charge in [0.15, 0.2) is 0 Å². The fourth-order valence-electron chi connectivity index (χ4n) is 3.22. The molecule has 0 aliphatic carbocycles. The van der Waals surface area contributed by atoms with Gasteiger partial charge in [-0.25, -0.2) is 11.5 Å². The van der Waals surface area contributed by atoms with Crippen molar-refractivity contribution in [2.24, 2.45) is 0 Å². The highest BCUT2D eigenvalue weighted by Crippen LogP contribution is 2.47. The first-order valence-electron chi connectivity index (χ1n) is 6.40. The Hall–Kier alpha value is -0.340. The van der Waals surface area contributed by atoms with E-state index >= 15 is 0 Å². The lowest BCUT2D eigenvalue weighted by atomic mass is 9.75. The van der Waals surface area contributed by atoms with Gasteiger partial charge in [0.2, 0.25) is 10.0 Å². The molecule has 104 valence electrons. The average Bonchev–Trinajstić information content (AvgIpc) is 2.69. The van der Waals surface area contributed by atoms with Gasteiger partial charge in [-0.05, 0) is 24.5 Å². The van der Waals surface area contributed by atoms with Crippen LogP contribution in [0.15, 0.2) is 24.3 Å². The number of rotatable bonds is 1. The molecule has 0 atom stereocenters. The number of para-hydroxylation sites is 1. The van der Waals surface area contributed by atoms with Crippen LogP contribution in [-0.4, -0.2) is 37.4 Å². The number of benzene rings is 1. The topological polar surface area (TPSA) is 40.6 Å². The highest BCUT2D eigenvalue weighted by Gasteiger charge is 2.46. The van der Waals surface area contributed by atoms with Gasteiger partial charge in [0, 0.05) is 47.9 Å². The highest BCUT2D eigenvalue weighted by atomic mass is 127. The highest BCUT2D eigenvalue weighted by molar-refractivity contribution is 14.1. The molecule has 0 unspecified atom stereocenters. The summed E-state index contributed by atoms with van der Waals surface area (Å²) in [5.41, 5.74) is 2.11. The molecule has 3 rings (SSSR count). The van der Waals surface area contributed by atoms with Crippen LogP contribution in [0.4, 0.5) is 5.69 Å². The molecule has 0 amide bonds. The van der Waals surface area contributed by atoms with Crippen LogP contribution in [0.1, 0.15) is 18.4 Å². The summed E-state index contributed by atoms with van der Waals surface area (Å²) < 4.78 is 27.9. The SMILES string of the molecule is CS(=O)(=O)N1CC2(CCN(I)CC2)c2ccccc21. The Bertz CT molecular complexity index is 594. The molecular formula is C13H17IN2O2S. The van der Waals surface area contributed by atoms with E-state index in [9.17, 15) is 8.42 Å². The van der Waals surface area contributed by atoms with Gasteiger partial charge in [-0.3, -0.25) is 4.31 Å². The summed E-state index contributed by atoms with van der Waals surface area (Å²) >= 11 is 2.35. The summed E-state index contributed by atoms with van der Waals surface area (Å²) in [4.78, 5) is 0. The number of hydrogen-bond donors (Lipinski definition) is 0. The second-order valence-electron chi connectivity index (χ2n) is 5.48. The normalized spacial score (nSPS) is 22.7. The van der Waals surface area contributed by atoms with Gasteiger partial charge in [0.25, 0.3) is 0 Å². The van der Waals surface area contributed by atoms with E-state index in [1.807, 2.05) is 18.2 Å². The largest absolute Gasteiger partial charge is 0.269 e. The molecule has 1 spiro atoms. The lowest BCUT2D eigenvalue weighted by molar-refractivity contribution is 0.275. The second-order valence-corrected chi connectivity index (χ2v) is 8.75. The van der Waals surface area contributed by atoms with Gasteiger partial charge in [-0.1, -0.05) is 18.2 Å². The van der Waals surface area contributed by atoms with Crippen molar-refractivity contribution in [1.82, 2.24) is 3.11 Å². The minimum absolute atomic E-state index is 0.0152. The lowest BCUT2D eigenvalue weighted by Crippen LogP contribution is -2.43. The first-order chi connectivity index (χ1) is 8.92. The zero-order chi connectivity index (χ0) is 13.7. The molecule has 1 aromatic carbocycles. The van der Waals surface area contributed by atoms with Crippen LogP contribution in [0.5, 0.6) is 0 Å². The monoisotopic (exact) mass is 392 g/mol. The molecule has 0 saturated carbocycles. The number of piperidine rings is 1. The minimum Gasteiger partial charge on any atom is -0.269 e. The third-order valence-corrected chi connectivity index (χ3v) is 6.35. The zero-order valence-electron chi connectivity index (χ0n) is 10.8. The Morgan fingerprint density at radius 1 is 1.21 bits per heavy atom. The summed E-state index contributed by atoms with van der Waals surface area (Å²) in [6.45, 7) is 2.65. The second kappa shape index (κ2) is 4.60. The molecule has 0 N–H and O–H groups in total. The zero-order valence-corrected chi connectivity index (χ0v) is 13.8. The van der Waals surface area contributed by atoms with Gasteiger partial charge in [-0.2, -0.15) is 0 Å². The molecule has 4 nitrogen and oxygen atoms in total. The molecule has 2 aliphatic rings. The molecule has 0 radical (unpaired) electrons. The molecule has 0 aromatic heterocycles. The molecule has 6 heteroatoms. The van der Waals surface area contributed by atoms with E-state index in [4.69, 9.17) is 0 Å². The van der Waals surface area contributed by atoms with Crippen molar-refractivity contribution in [3.05, 3.63) is 29.8 Å². The molecule has 0 bridgehead atoms. The van der Waals surface area contributed by atoms with Crippen molar-refractivity contribution in [3.8, 4) is 0 Å². The van der Waals surface area contributed by atoms with Crippen LogP contribution < -0.4 is 4.31 Å². The molecule has 2 aliphatic heterocycles. The summed E-state index contributed by atoms with van der Waals surface area (Å²) in [6.07, 6.45) is 3.36. The summed E-state index contributed by atoms with van der Waals surface area (Å²) in [6, 6.07) is 7.97. The van der Waals surface area contributed by atoms with Gasteiger partial charge in [-0.15, -0.1) is 0 Å². The molecule has 19 heavy (non-hydrogen) atoms. The Balaban J connectivity index is 2.07. The maximum atomic E-state index is 12.0. The molecular weight excluding hydrogens is 375 g/mol. The van der Waals surface area contributed by atoms with Crippen LogP contribution in [0.2, 0.25) is 0 Å². The molecule has 2 heterocycles. The van der Waals surface area contributed by atoms with Crippen molar-refractivity contribution in [2.75, 3.05) is 30.2 Å². The first-order valence-corrected chi connectivity index (χ1v) is 9.22. The predicted molar refractivity (Wildman–Crippen MR) is 85.1 cm³/mol. The standard InChI is InChI=1S/C13H17IN2O2S/c1-19(17,18)16-10-13(6-8-15(14)9-7-13)11-4-2-3-5-12(11)16/h2-5H,6-10H2,1H3. The van der Waals surface area contributed by atoms with E-state index in [-0.39, 0.29) is 5.41 Å². The number of nitrogens with zero attached hydrogens (tertiary/aromatic N) is 2. The molecule has 1 saturated heterocycles. The van der Waals surface area contributed by atoms with E-state index in [1.54, 1.807) is 4.31 Å². The van der Waals surface area contributed by atoms with Gasteiger partial charge in [0.1, 0.15) is 0 Å². The maximum absolute atomic E-state index is 12.0. The van der Waals surface area contributed by atoms with Crippen molar-refractivity contribution in [1.29, 1.82) is 0 Å². The quantitative estimate of drug-likeness (QED) is 0.543. The third kappa shape index (κ3) is 2.27. The average molecular weight is 392 g/mol. The van der Waals surface area contributed by atoms with Gasteiger partial charge >= 0.3 is 0 Å². The van der Waals surface area contributed by atoms with Gasteiger partial charge in [0.05, 0.1) is 11.9 Å². The Labute approximate surface area is 128 Å². The fraction of sp³-hybridized carbons (Fsp3) is 0.538. The number of hydrogen-bond acceptors (Lipinski definition) is 3. The number of anilines is 1. The predicted octanol–water partition coefficient (Wildman–Crippen LogP) is 2.15. The first kappa shape index (κ1) is 13.6. The van der Waals surface area contributed by atoms with Crippen molar-refractivity contribution in [3.63, 3.8) is 0 Å². The van der Waals surface area contributed by atoms with Crippen LogP contribution in [0.3, 0.4) is 0 Å². The number of sulfonamides is 1. The third-order valence-electron chi connectivity index (χ3n) is 4.26. The summed E-state index contributed by atoms with van der Waals surface area (Å²) in [5.74, 6) is 0. The number of halogens is 1. The summed E-state index contributed by atoms with van der Waals surface area (Å²) in [7, 11) is -3.19. The van der Waals surface area contributed by atoms with Crippen LogP contribution >= 0.6 is 22.9 Å². The Kier molecular flexibility index (Phi) is 3.30. The van der Waals surface area contributed by atoms with E-state index < -0.39 is 10.0 Å². The fourth-order valence-corrected chi connectivity index (χ4v) is 4.70. The van der Waals surface area contributed by atoms with E-state index in [2.05, 4.69) is 32.0 Å². The minimum atomic E-state index is -3.19. The van der Waals surface area contributed by atoms with Crippen LogP contribution in [0.25, 0.3) is 0 Å². The number of fused-ring (bicyclic) bond motifs is 2. The van der Waals surface area contributed by atoms with Gasteiger partial charge < -0.3 is 0 Å². The van der Waals surface area contributed by atoms with E-state index in [0.29, 0.717) is 6.54 Å². The van der Waals surface area contributed by atoms with Crippen LogP contribution in [0, 0.1) is 0 Å². The maximum Gasteiger partial charge on any atom is 0.232 e. The Morgan fingerprint density at radius 3 is 2.47 bits per heavy atom. The van der Waals surface area contributed by atoms with Crippen molar-refractivity contribution < 1.29 is 8.42 Å². The molecule has 1 fully saturated rings. The summed E-state index contributed by atoms with van der Waals surface area (Å²) in [5, 5.41) is 0. The van der Waals surface area contributed by atoms with E-state index in [0.717, 1.165) is 31.6 Å².